The maximum atomic E-state index is 5.10. The average Bonchev–Trinajstić information content (AvgIpc) is 2.03. The second-order valence-electron chi connectivity index (χ2n) is 2.04. The molecular weight excluding hydrogens is 202 g/mol. The molecule has 11 heavy (non-hydrogen) atoms. The molecule has 0 atom stereocenters. The highest BCUT2D eigenvalue weighted by Crippen LogP contribution is 2.20. The molecule has 0 aliphatic rings. The minimum absolute atomic E-state index is 0.558. The standard InChI is InChI=1S/C9H8BrN/c1-2-7-11-9-6-4-3-5-8(9)10/h1,3-6,11H,7H2. The van der Waals surface area contributed by atoms with Crippen LogP contribution in [0.4, 0.5) is 5.69 Å². The first kappa shape index (κ1) is 8.16. The van der Waals surface area contributed by atoms with E-state index in [1.165, 1.54) is 0 Å². The summed E-state index contributed by atoms with van der Waals surface area (Å²) in [6.45, 7) is 0.558. The molecule has 0 aliphatic heterocycles. The monoisotopic (exact) mass is 209 g/mol. The normalized spacial score (nSPS) is 8.73. The van der Waals surface area contributed by atoms with Crippen molar-refractivity contribution in [3.05, 3.63) is 28.7 Å². The molecular formula is C9H8BrN. The van der Waals surface area contributed by atoms with Gasteiger partial charge >= 0.3 is 0 Å². The van der Waals surface area contributed by atoms with Crippen molar-refractivity contribution >= 4 is 21.6 Å². The Hall–Kier alpha value is -0.940. The molecule has 1 rings (SSSR count). The van der Waals surface area contributed by atoms with E-state index in [4.69, 9.17) is 6.42 Å². The van der Waals surface area contributed by atoms with Gasteiger partial charge < -0.3 is 5.32 Å². The van der Waals surface area contributed by atoms with E-state index in [9.17, 15) is 0 Å². The molecule has 0 aliphatic carbocycles. The van der Waals surface area contributed by atoms with Gasteiger partial charge in [0.05, 0.1) is 6.54 Å². The Bertz CT molecular complexity index is 275. The molecule has 0 unspecified atom stereocenters. The van der Waals surface area contributed by atoms with Gasteiger partial charge in [-0.25, -0.2) is 0 Å². The van der Waals surface area contributed by atoms with E-state index >= 15 is 0 Å². The van der Waals surface area contributed by atoms with Gasteiger partial charge in [-0.2, -0.15) is 0 Å². The molecule has 2 heteroatoms. The number of nitrogens with one attached hydrogen (secondary N) is 1. The number of hydrogen-bond acceptors (Lipinski definition) is 1. The van der Waals surface area contributed by atoms with Crippen molar-refractivity contribution in [3.8, 4) is 12.3 Å². The van der Waals surface area contributed by atoms with Crippen LogP contribution in [0.25, 0.3) is 0 Å². The average molecular weight is 210 g/mol. The predicted molar refractivity (Wildman–Crippen MR) is 51.5 cm³/mol. The zero-order chi connectivity index (χ0) is 8.10. The van der Waals surface area contributed by atoms with Crippen LogP contribution < -0.4 is 5.32 Å². The van der Waals surface area contributed by atoms with Gasteiger partial charge in [-0.1, -0.05) is 18.1 Å². The zero-order valence-corrected chi connectivity index (χ0v) is 7.56. The SMILES string of the molecule is C#CCNc1ccccc1Br. The van der Waals surface area contributed by atoms with Gasteiger partial charge in [0.1, 0.15) is 0 Å². The predicted octanol–water partition coefficient (Wildman–Crippen LogP) is 2.49. The molecule has 1 aromatic carbocycles. The Morgan fingerprint density at radius 1 is 1.45 bits per heavy atom. The summed E-state index contributed by atoms with van der Waals surface area (Å²) in [6, 6.07) is 7.87. The second-order valence-corrected chi connectivity index (χ2v) is 2.89. The molecule has 0 spiro atoms. The van der Waals surface area contributed by atoms with Crippen molar-refractivity contribution in [1.29, 1.82) is 0 Å². The third-order valence-corrected chi connectivity index (χ3v) is 1.95. The highest BCUT2D eigenvalue weighted by Gasteiger charge is 1.93. The van der Waals surface area contributed by atoms with Crippen LogP contribution in [0.15, 0.2) is 28.7 Å². The molecule has 0 amide bonds. The minimum atomic E-state index is 0.558. The van der Waals surface area contributed by atoms with E-state index < -0.39 is 0 Å². The number of terminal acetylenes is 1. The molecule has 0 saturated carbocycles. The number of anilines is 1. The quantitative estimate of drug-likeness (QED) is 0.739. The fraction of sp³-hybridized carbons (Fsp3) is 0.111. The van der Waals surface area contributed by atoms with Crippen LogP contribution in [0.3, 0.4) is 0 Å². The van der Waals surface area contributed by atoms with E-state index in [2.05, 4.69) is 27.2 Å². The topological polar surface area (TPSA) is 12.0 Å². The first-order valence-electron chi connectivity index (χ1n) is 3.26. The lowest BCUT2D eigenvalue weighted by molar-refractivity contribution is 1.37. The summed E-state index contributed by atoms with van der Waals surface area (Å²) >= 11 is 3.40. The number of para-hydroxylation sites is 1. The lowest BCUT2D eigenvalue weighted by Crippen LogP contribution is -1.98. The summed E-state index contributed by atoms with van der Waals surface area (Å²) in [7, 11) is 0. The highest BCUT2D eigenvalue weighted by molar-refractivity contribution is 9.10. The summed E-state index contributed by atoms with van der Waals surface area (Å²) < 4.78 is 1.04. The van der Waals surface area contributed by atoms with Crippen LogP contribution in [0, 0.1) is 12.3 Å². The molecule has 0 heterocycles. The number of hydrogen-bond donors (Lipinski definition) is 1. The van der Waals surface area contributed by atoms with Gasteiger partial charge in [-0.15, -0.1) is 6.42 Å². The maximum absolute atomic E-state index is 5.10. The first-order valence-corrected chi connectivity index (χ1v) is 4.06. The molecule has 0 radical (unpaired) electrons. The maximum Gasteiger partial charge on any atom is 0.0763 e. The van der Waals surface area contributed by atoms with Crippen molar-refractivity contribution < 1.29 is 0 Å². The molecule has 0 aromatic heterocycles. The molecule has 1 aromatic rings. The van der Waals surface area contributed by atoms with Crippen LogP contribution in [0.2, 0.25) is 0 Å². The van der Waals surface area contributed by atoms with E-state index in [1.807, 2.05) is 24.3 Å². The van der Waals surface area contributed by atoms with Crippen LogP contribution in [0.5, 0.6) is 0 Å². The van der Waals surface area contributed by atoms with Crippen molar-refractivity contribution in [3.63, 3.8) is 0 Å². The van der Waals surface area contributed by atoms with Gasteiger partial charge in [0.2, 0.25) is 0 Å². The molecule has 56 valence electrons. The molecule has 0 fully saturated rings. The fourth-order valence-electron chi connectivity index (χ4n) is 0.751. The summed E-state index contributed by atoms with van der Waals surface area (Å²) in [5, 5.41) is 3.08. The van der Waals surface area contributed by atoms with Crippen molar-refractivity contribution in [1.82, 2.24) is 0 Å². The Balaban J connectivity index is 2.71. The van der Waals surface area contributed by atoms with Gasteiger partial charge in [0, 0.05) is 10.2 Å². The largest absolute Gasteiger partial charge is 0.373 e. The summed E-state index contributed by atoms with van der Waals surface area (Å²) in [5.74, 6) is 2.51. The summed E-state index contributed by atoms with van der Waals surface area (Å²) in [6.07, 6.45) is 5.10. The molecule has 0 saturated heterocycles. The van der Waals surface area contributed by atoms with Crippen LogP contribution in [0.1, 0.15) is 0 Å². The van der Waals surface area contributed by atoms with Gasteiger partial charge in [-0.05, 0) is 28.1 Å². The van der Waals surface area contributed by atoms with E-state index in [0.29, 0.717) is 6.54 Å². The Morgan fingerprint density at radius 3 is 2.82 bits per heavy atom. The van der Waals surface area contributed by atoms with Crippen LogP contribution in [-0.2, 0) is 0 Å². The third-order valence-electron chi connectivity index (χ3n) is 1.25. The summed E-state index contributed by atoms with van der Waals surface area (Å²) in [5.41, 5.74) is 1.03. The Labute approximate surface area is 74.9 Å². The molecule has 0 bridgehead atoms. The second kappa shape index (κ2) is 4.05. The van der Waals surface area contributed by atoms with Crippen molar-refractivity contribution in [2.45, 2.75) is 0 Å². The fourth-order valence-corrected chi connectivity index (χ4v) is 1.18. The smallest absolute Gasteiger partial charge is 0.0763 e. The minimum Gasteiger partial charge on any atom is -0.373 e. The van der Waals surface area contributed by atoms with Gasteiger partial charge in [0.25, 0.3) is 0 Å². The van der Waals surface area contributed by atoms with Crippen molar-refractivity contribution in [2.24, 2.45) is 0 Å². The number of benzene rings is 1. The summed E-state index contributed by atoms with van der Waals surface area (Å²) in [4.78, 5) is 0. The Kier molecular flexibility index (Phi) is 3.00. The zero-order valence-electron chi connectivity index (χ0n) is 5.97. The molecule has 1 nitrogen and oxygen atoms in total. The lowest BCUT2D eigenvalue weighted by atomic mass is 10.3. The van der Waals surface area contributed by atoms with Crippen LogP contribution in [-0.4, -0.2) is 6.54 Å². The van der Waals surface area contributed by atoms with Crippen LogP contribution >= 0.6 is 15.9 Å². The number of halogens is 1. The van der Waals surface area contributed by atoms with E-state index in [-0.39, 0.29) is 0 Å². The third kappa shape index (κ3) is 2.28. The lowest BCUT2D eigenvalue weighted by Gasteiger charge is -2.03. The van der Waals surface area contributed by atoms with E-state index in [0.717, 1.165) is 10.2 Å². The van der Waals surface area contributed by atoms with Gasteiger partial charge in [0.15, 0.2) is 0 Å². The van der Waals surface area contributed by atoms with Gasteiger partial charge in [-0.3, -0.25) is 0 Å². The van der Waals surface area contributed by atoms with E-state index in [1.54, 1.807) is 0 Å². The molecule has 1 N–H and O–H groups in total. The number of rotatable bonds is 2. The highest BCUT2D eigenvalue weighted by atomic mass is 79.9. The first-order chi connectivity index (χ1) is 5.34. The van der Waals surface area contributed by atoms with Crippen molar-refractivity contribution in [2.75, 3.05) is 11.9 Å². The Morgan fingerprint density at radius 2 is 2.18 bits per heavy atom.